The average Bonchev–Trinajstić information content (AvgIpc) is 2.77. The van der Waals surface area contributed by atoms with E-state index in [1.54, 1.807) is 11.6 Å². The van der Waals surface area contributed by atoms with Crippen LogP contribution >= 0.6 is 0 Å². The maximum absolute atomic E-state index is 15.3. The third-order valence-electron chi connectivity index (χ3n) is 5.39. The molecule has 1 unspecified atom stereocenters. The normalized spacial score (nSPS) is 16.5. The Hall–Kier alpha value is -3.36. The van der Waals surface area contributed by atoms with Gasteiger partial charge in [0.15, 0.2) is 17.3 Å². The molecule has 0 aliphatic heterocycles. The molecule has 0 radical (unpaired) electrons. The van der Waals surface area contributed by atoms with Gasteiger partial charge in [0.2, 0.25) is 15.9 Å². The van der Waals surface area contributed by atoms with Gasteiger partial charge < -0.3 is 9.47 Å². The third kappa shape index (κ3) is 7.14. The number of methoxy groups -OCH3 is 1. The summed E-state index contributed by atoms with van der Waals surface area (Å²) in [6.45, 7) is 1.20. The van der Waals surface area contributed by atoms with E-state index in [0.717, 1.165) is 43.7 Å². The quantitative estimate of drug-likeness (QED) is 0.383. The fraction of sp³-hybridized carbons (Fsp3) is 0.348. The lowest BCUT2D eigenvalue weighted by Crippen LogP contribution is -2.28. The zero-order chi connectivity index (χ0) is 28.5. The van der Waals surface area contributed by atoms with Crippen LogP contribution in [-0.2, 0) is 10.0 Å². The Morgan fingerprint density at radius 1 is 1.13 bits per heavy atom. The van der Waals surface area contributed by atoms with E-state index < -0.39 is 74.8 Å². The summed E-state index contributed by atoms with van der Waals surface area (Å²) in [7, 11) is -3.95. The van der Waals surface area contributed by atoms with Crippen molar-refractivity contribution in [3.63, 3.8) is 0 Å². The van der Waals surface area contributed by atoms with Crippen LogP contribution in [0.3, 0.4) is 0 Å². The molecule has 2 aromatic rings. The van der Waals surface area contributed by atoms with E-state index in [9.17, 15) is 39.2 Å². The Kier molecular flexibility index (Phi) is 8.29. The molecule has 1 heterocycles. The van der Waals surface area contributed by atoms with E-state index in [0.29, 0.717) is 0 Å². The molecule has 1 aliphatic carbocycles. The minimum atomic E-state index is -5.07. The number of nitrogens with one attached hydrogen (secondary N) is 1. The van der Waals surface area contributed by atoms with Crippen LogP contribution < -0.4 is 14.2 Å². The Morgan fingerprint density at radius 3 is 2.42 bits per heavy atom. The standard InChI is InChI=1S/C23H20F8N2O4S/c1-12-3-4-15(23(29,30)31)7-14(12)10-37-18-6-5-16(24)19(20(18)25)13-8-17(21(36-2)32-9-13)33-38(34,35)11-22(26,27)28/h4-9,12,33H,3,10-11H2,1-2H3. The predicted octanol–water partition coefficient (Wildman–Crippen LogP) is 6.17. The highest BCUT2D eigenvalue weighted by Crippen LogP contribution is 2.37. The van der Waals surface area contributed by atoms with Crippen molar-refractivity contribution in [2.45, 2.75) is 25.7 Å². The van der Waals surface area contributed by atoms with Crippen molar-refractivity contribution in [2.75, 3.05) is 24.2 Å². The van der Waals surface area contributed by atoms with Crippen molar-refractivity contribution >= 4 is 15.7 Å². The fourth-order valence-corrected chi connectivity index (χ4v) is 4.54. The van der Waals surface area contributed by atoms with Crippen LogP contribution in [0.15, 0.2) is 47.7 Å². The lowest BCUT2D eigenvalue weighted by molar-refractivity contribution is -0.106. The lowest BCUT2D eigenvalue weighted by atomic mass is 9.90. The Bertz CT molecular complexity index is 1370. The highest BCUT2D eigenvalue weighted by Gasteiger charge is 2.36. The van der Waals surface area contributed by atoms with Gasteiger partial charge in [-0.15, -0.1) is 0 Å². The molecule has 0 bridgehead atoms. The van der Waals surface area contributed by atoms with Crippen LogP contribution in [0.1, 0.15) is 13.3 Å². The molecule has 3 rings (SSSR count). The molecular formula is C23H20F8N2O4S. The van der Waals surface area contributed by atoms with Gasteiger partial charge in [-0.3, -0.25) is 4.72 Å². The van der Waals surface area contributed by atoms with E-state index in [-0.39, 0.29) is 23.5 Å². The maximum atomic E-state index is 15.3. The molecule has 1 aliphatic rings. The molecule has 0 saturated heterocycles. The van der Waals surface area contributed by atoms with Crippen LogP contribution in [0.5, 0.6) is 11.6 Å². The van der Waals surface area contributed by atoms with E-state index in [2.05, 4.69) is 4.98 Å². The number of hydrogen-bond acceptors (Lipinski definition) is 5. The number of hydrogen-bond donors (Lipinski definition) is 1. The molecule has 1 N–H and O–H groups in total. The van der Waals surface area contributed by atoms with Gasteiger partial charge in [-0.05, 0) is 42.2 Å². The maximum Gasteiger partial charge on any atom is 0.416 e. The summed E-state index contributed by atoms with van der Waals surface area (Å²) in [6, 6.07) is 2.52. The zero-order valence-corrected chi connectivity index (χ0v) is 20.5. The molecule has 0 fully saturated rings. The van der Waals surface area contributed by atoms with Gasteiger partial charge in [-0.1, -0.05) is 13.0 Å². The second-order valence-corrected chi connectivity index (χ2v) is 10.0. The summed E-state index contributed by atoms with van der Waals surface area (Å²) in [5, 5.41) is 0. The van der Waals surface area contributed by atoms with E-state index in [1.807, 2.05) is 0 Å². The number of alkyl halides is 6. The molecule has 15 heteroatoms. The number of rotatable bonds is 8. The summed E-state index contributed by atoms with van der Waals surface area (Å²) in [5.41, 5.74) is -2.43. The molecule has 1 atom stereocenters. The molecule has 1 aromatic heterocycles. The Labute approximate surface area is 212 Å². The van der Waals surface area contributed by atoms with E-state index >= 15 is 4.39 Å². The molecule has 38 heavy (non-hydrogen) atoms. The summed E-state index contributed by atoms with van der Waals surface area (Å²) in [5.74, 6) is -6.04. The molecule has 0 spiro atoms. The third-order valence-corrected chi connectivity index (χ3v) is 6.63. The van der Waals surface area contributed by atoms with Gasteiger partial charge in [0, 0.05) is 11.8 Å². The molecule has 0 amide bonds. The van der Waals surface area contributed by atoms with Crippen LogP contribution in [0, 0.1) is 17.6 Å². The van der Waals surface area contributed by atoms with Crippen LogP contribution in [0.2, 0.25) is 0 Å². The monoisotopic (exact) mass is 572 g/mol. The molecular weight excluding hydrogens is 552 g/mol. The second kappa shape index (κ2) is 10.8. The van der Waals surface area contributed by atoms with Gasteiger partial charge in [-0.2, -0.15) is 26.3 Å². The topological polar surface area (TPSA) is 77.5 Å². The molecule has 1 aromatic carbocycles. The van der Waals surface area contributed by atoms with Crippen LogP contribution in [-0.4, -0.2) is 45.2 Å². The van der Waals surface area contributed by atoms with Crippen LogP contribution in [0.25, 0.3) is 11.1 Å². The summed E-state index contributed by atoms with van der Waals surface area (Å²) in [4.78, 5) is 3.70. The number of ether oxygens (including phenoxy) is 2. The van der Waals surface area contributed by atoms with Gasteiger partial charge in [-0.25, -0.2) is 22.2 Å². The highest BCUT2D eigenvalue weighted by atomic mass is 32.2. The van der Waals surface area contributed by atoms with Crippen molar-refractivity contribution in [1.82, 2.24) is 4.98 Å². The lowest BCUT2D eigenvalue weighted by Gasteiger charge is -2.22. The number of sulfonamides is 1. The average molecular weight is 572 g/mol. The summed E-state index contributed by atoms with van der Waals surface area (Å²) < 4.78 is 143. The van der Waals surface area contributed by atoms with Gasteiger partial charge in [0.05, 0.1) is 18.2 Å². The first-order chi connectivity index (χ1) is 17.5. The van der Waals surface area contributed by atoms with Crippen molar-refractivity contribution in [3.8, 4) is 22.8 Å². The Morgan fingerprint density at radius 2 is 1.82 bits per heavy atom. The number of halogens is 8. The van der Waals surface area contributed by atoms with Gasteiger partial charge >= 0.3 is 12.4 Å². The minimum Gasteiger partial charge on any atom is -0.486 e. The highest BCUT2D eigenvalue weighted by molar-refractivity contribution is 7.92. The number of pyridine rings is 1. The largest absolute Gasteiger partial charge is 0.486 e. The van der Waals surface area contributed by atoms with Crippen molar-refractivity contribution in [1.29, 1.82) is 0 Å². The first-order valence-corrected chi connectivity index (χ1v) is 12.4. The number of nitrogens with zero attached hydrogens (tertiary/aromatic N) is 1. The predicted molar refractivity (Wildman–Crippen MR) is 121 cm³/mol. The number of benzene rings is 1. The van der Waals surface area contributed by atoms with E-state index in [4.69, 9.17) is 9.47 Å². The summed E-state index contributed by atoms with van der Waals surface area (Å²) >= 11 is 0. The Balaban J connectivity index is 1.94. The zero-order valence-electron chi connectivity index (χ0n) is 19.7. The molecule has 208 valence electrons. The number of anilines is 1. The van der Waals surface area contributed by atoms with Gasteiger partial charge in [0.25, 0.3) is 0 Å². The van der Waals surface area contributed by atoms with Crippen molar-refractivity contribution in [3.05, 3.63) is 59.3 Å². The number of allylic oxidation sites excluding steroid dienone is 3. The van der Waals surface area contributed by atoms with Crippen molar-refractivity contribution < 1.29 is 53.0 Å². The van der Waals surface area contributed by atoms with Crippen LogP contribution in [0.4, 0.5) is 40.8 Å². The minimum absolute atomic E-state index is 0.0751. The SMILES string of the molecule is COc1ncc(-c2c(F)ccc(OCC3=CC(C(F)(F)F)=CCC3C)c2F)cc1NS(=O)(=O)CC(F)(F)F. The first-order valence-electron chi connectivity index (χ1n) is 10.7. The first kappa shape index (κ1) is 29.2. The second-order valence-electron chi connectivity index (χ2n) is 8.29. The smallest absolute Gasteiger partial charge is 0.416 e. The molecule has 0 saturated carbocycles. The molecule has 6 nitrogen and oxygen atoms in total. The van der Waals surface area contributed by atoms with Crippen molar-refractivity contribution in [2.24, 2.45) is 5.92 Å². The summed E-state index contributed by atoms with van der Waals surface area (Å²) in [6.07, 6.45) is -6.77. The van der Waals surface area contributed by atoms with Gasteiger partial charge in [0.1, 0.15) is 18.1 Å². The van der Waals surface area contributed by atoms with E-state index in [1.165, 1.54) is 0 Å². The number of aromatic nitrogens is 1. The fourth-order valence-electron chi connectivity index (χ4n) is 3.55.